The zero-order chi connectivity index (χ0) is 13.8. The molecule has 1 aromatic carbocycles. The van der Waals surface area contributed by atoms with Crippen molar-refractivity contribution in [2.45, 2.75) is 26.7 Å². The lowest BCUT2D eigenvalue weighted by Crippen LogP contribution is -2.28. The maximum absolute atomic E-state index is 11.1. The third-order valence-electron chi connectivity index (χ3n) is 3.76. The number of rotatable bonds is 3. The Morgan fingerprint density at radius 1 is 1.32 bits per heavy atom. The molecule has 0 amide bonds. The number of carboxylic acid groups (broad SMARTS) is 1. The van der Waals surface area contributed by atoms with Crippen molar-refractivity contribution in [1.82, 2.24) is 5.32 Å². The summed E-state index contributed by atoms with van der Waals surface area (Å²) in [6.45, 7) is 6.02. The highest BCUT2D eigenvalue weighted by Gasteiger charge is 2.21. The van der Waals surface area contributed by atoms with E-state index < -0.39 is 5.97 Å². The Kier molecular flexibility index (Phi) is 4.38. The maximum Gasteiger partial charge on any atom is 0.328 e. The first kappa shape index (κ1) is 13.8. The average molecular weight is 259 g/mol. The van der Waals surface area contributed by atoms with Crippen molar-refractivity contribution in [3.8, 4) is 0 Å². The number of piperidine rings is 1. The largest absolute Gasteiger partial charge is 0.478 e. The van der Waals surface area contributed by atoms with Crippen LogP contribution in [0.25, 0.3) is 5.57 Å². The molecule has 0 aromatic heterocycles. The summed E-state index contributed by atoms with van der Waals surface area (Å²) in [5.74, 6) is -0.507. The topological polar surface area (TPSA) is 49.3 Å². The maximum atomic E-state index is 11.1. The van der Waals surface area contributed by atoms with Gasteiger partial charge in [0.25, 0.3) is 0 Å². The molecule has 102 valence electrons. The van der Waals surface area contributed by atoms with E-state index in [1.165, 1.54) is 11.6 Å². The normalized spacial score (nSPS) is 17.5. The van der Waals surface area contributed by atoms with Crippen molar-refractivity contribution in [2.75, 3.05) is 13.1 Å². The molecule has 1 aliphatic rings. The van der Waals surface area contributed by atoms with Crippen LogP contribution in [0, 0.1) is 19.8 Å². The van der Waals surface area contributed by atoms with Gasteiger partial charge in [0.2, 0.25) is 0 Å². The summed E-state index contributed by atoms with van der Waals surface area (Å²) in [6.07, 6.45) is 3.41. The number of aryl methyl sites for hydroxylation is 2. The smallest absolute Gasteiger partial charge is 0.328 e. The van der Waals surface area contributed by atoms with Gasteiger partial charge < -0.3 is 10.4 Å². The van der Waals surface area contributed by atoms with E-state index in [1.807, 2.05) is 13.8 Å². The highest BCUT2D eigenvalue weighted by Crippen LogP contribution is 2.32. The van der Waals surface area contributed by atoms with Gasteiger partial charge in [-0.2, -0.15) is 0 Å². The van der Waals surface area contributed by atoms with Crippen molar-refractivity contribution >= 4 is 11.5 Å². The minimum Gasteiger partial charge on any atom is -0.478 e. The van der Waals surface area contributed by atoms with Crippen LogP contribution in [-0.2, 0) is 4.79 Å². The second-order valence-corrected chi connectivity index (χ2v) is 5.28. The molecule has 0 saturated carbocycles. The first-order valence-corrected chi connectivity index (χ1v) is 6.81. The van der Waals surface area contributed by atoms with Gasteiger partial charge in [-0.05, 0) is 62.4 Å². The van der Waals surface area contributed by atoms with Crippen LogP contribution in [0.15, 0.2) is 24.3 Å². The quantitative estimate of drug-likeness (QED) is 0.821. The van der Waals surface area contributed by atoms with Crippen LogP contribution >= 0.6 is 0 Å². The molecule has 2 N–H and O–H groups in total. The van der Waals surface area contributed by atoms with E-state index in [2.05, 4.69) is 23.5 Å². The number of hydrogen-bond acceptors (Lipinski definition) is 2. The Bertz CT molecular complexity index is 499. The molecule has 3 nitrogen and oxygen atoms in total. The standard InChI is InChI=1S/C16H21NO2/c1-11-3-4-12(2)14(9-11)15(10-16(18)19)13-5-7-17-8-6-13/h3-4,9-10,13,17H,5-8H2,1-2H3,(H,18,19)/b15-10+. The lowest BCUT2D eigenvalue weighted by molar-refractivity contribution is -0.131. The fourth-order valence-electron chi connectivity index (χ4n) is 2.73. The Labute approximate surface area is 114 Å². The summed E-state index contributed by atoms with van der Waals surface area (Å²) in [5.41, 5.74) is 4.40. The van der Waals surface area contributed by atoms with Gasteiger partial charge in [0.05, 0.1) is 0 Å². The SMILES string of the molecule is Cc1ccc(C)c(/C(=C/C(=O)O)C2CCNCC2)c1. The molecule has 0 spiro atoms. The molecule has 1 saturated heterocycles. The predicted molar refractivity (Wildman–Crippen MR) is 77.1 cm³/mol. The van der Waals surface area contributed by atoms with E-state index >= 15 is 0 Å². The Hall–Kier alpha value is -1.61. The van der Waals surface area contributed by atoms with Crippen molar-refractivity contribution in [3.63, 3.8) is 0 Å². The van der Waals surface area contributed by atoms with Gasteiger partial charge in [-0.15, -0.1) is 0 Å². The molecule has 1 aromatic rings. The second kappa shape index (κ2) is 6.02. The van der Waals surface area contributed by atoms with Crippen LogP contribution < -0.4 is 5.32 Å². The third kappa shape index (κ3) is 3.44. The van der Waals surface area contributed by atoms with E-state index in [0.29, 0.717) is 5.92 Å². The van der Waals surface area contributed by atoms with Gasteiger partial charge in [0, 0.05) is 6.08 Å². The van der Waals surface area contributed by atoms with Crippen molar-refractivity contribution in [3.05, 3.63) is 41.0 Å². The van der Waals surface area contributed by atoms with Gasteiger partial charge in [-0.1, -0.05) is 23.8 Å². The highest BCUT2D eigenvalue weighted by molar-refractivity contribution is 5.91. The van der Waals surface area contributed by atoms with Crippen LogP contribution in [0.1, 0.15) is 29.5 Å². The third-order valence-corrected chi connectivity index (χ3v) is 3.76. The Balaban J connectivity index is 2.42. The fourth-order valence-corrected chi connectivity index (χ4v) is 2.73. The van der Waals surface area contributed by atoms with Crippen LogP contribution in [0.5, 0.6) is 0 Å². The number of carboxylic acids is 1. The van der Waals surface area contributed by atoms with E-state index in [1.54, 1.807) is 0 Å². The van der Waals surface area contributed by atoms with Crippen LogP contribution in [0.2, 0.25) is 0 Å². The number of aliphatic carboxylic acids is 1. The molecule has 1 fully saturated rings. The highest BCUT2D eigenvalue weighted by atomic mass is 16.4. The molecular weight excluding hydrogens is 238 g/mol. The molecule has 0 unspecified atom stereocenters. The first-order chi connectivity index (χ1) is 9.08. The number of carbonyl (C=O) groups is 1. The summed E-state index contributed by atoms with van der Waals surface area (Å²) < 4.78 is 0. The minimum atomic E-state index is -0.852. The average Bonchev–Trinajstić information content (AvgIpc) is 2.40. The number of nitrogens with one attached hydrogen (secondary N) is 1. The molecular formula is C16H21NO2. The van der Waals surface area contributed by atoms with Crippen molar-refractivity contribution in [1.29, 1.82) is 0 Å². The van der Waals surface area contributed by atoms with Gasteiger partial charge >= 0.3 is 5.97 Å². The first-order valence-electron chi connectivity index (χ1n) is 6.81. The molecule has 0 aliphatic carbocycles. The second-order valence-electron chi connectivity index (χ2n) is 5.28. The number of benzene rings is 1. The summed E-state index contributed by atoms with van der Waals surface area (Å²) >= 11 is 0. The molecule has 3 heteroatoms. The van der Waals surface area contributed by atoms with Crippen LogP contribution in [-0.4, -0.2) is 24.2 Å². The van der Waals surface area contributed by atoms with Crippen molar-refractivity contribution in [2.24, 2.45) is 5.92 Å². The van der Waals surface area contributed by atoms with Gasteiger partial charge in [0.15, 0.2) is 0 Å². The monoisotopic (exact) mass is 259 g/mol. The summed E-state index contributed by atoms with van der Waals surface area (Å²) in [4.78, 5) is 11.1. The molecule has 2 rings (SSSR count). The van der Waals surface area contributed by atoms with Crippen LogP contribution in [0.3, 0.4) is 0 Å². The molecule has 1 heterocycles. The molecule has 19 heavy (non-hydrogen) atoms. The predicted octanol–water partition coefficient (Wildman–Crippen LogP) is 2.77. The van der Waals surface area contributed by atoms with Gasteiger partial charge in [-0.3, -0.25) is 0 Å². The number of allylic oxidation sites excluding steroid dienone is 1. The van der Waals surface area contributed by atoms with E-state index in [4.69, 9.17) is 5.11 Å². The summed E-state index contributed by atoms with van der Waals surface area (Å²) in [5, 5.41) is 12.5. The van der Waals surface area contributed by atoms with Gasteiger partial charge in [-0.25, -0.2) is 4.79 Å². The Morgan fingerprint density at radius 3 is 2.63 bits per heavy atom. The zero-order valence-electron chi connectivity index (χ0n) is 11.6. The molecule has 0 radical (unpaired) electrons. The molecule has 1 aliphatic heterocycles. The minimum absolute atomic E-state index is 0.345. The lowest BCUT2D eigenvalue weighted by Gasteiger charge is -2.26. The van der Waals surface area contributed by atoms with E-state index in [9.17, 15) is 4.79 Å². The fraction of sp³-hybridized carbons (Fsp3) is 0.438. The van der Waals surface area contributed by atoms with Gasteiger partial charge in [0.1, 0.15) is 0 Å². The van der Waals surface area contributed by atoms with E-state index in [0.717, 1.165) is 42.6 Å². The van der Waals surface area contributed by atoms with E-state index in [-0.39, 0.29) is 0 Å². The lowest BCUT2D eigenvalue weighted by atomic mass is 9.83. The van der Waals surface area contributed by atoms with Crippen LogP contribution in [0.4, 0.5) is 0 Å². The number of hydrogen-bond donors (Lipinski definition) is 2. The zero-order valence-corrected chi connectivity index (χ0v) is 11.6. The van der Waals surface area contributed by atoms with Crippen molar-refractivity contribution < 1.29 is 9.90 Å². The molecule has 0 bridgehead atoms. The Morgan fingerprint density at radius 2 is 2.00 bits per heavy atom. The summed E-state index contributed by atoms with van der Waals surface area (Å²) in [7, 11) is 0. The molecule has 0 atom stereocenters. The summed E-state index contributed by atoms with van der Waals surface area (Å²) in [6, 6.07) is 6.24.